The maximum Gasteiger partial charge on any atom is 0.177 e. The Morgan fingerprint density at radius 1 is 0.806 bits per heavy atom. The first-order valence-electron chi connectivity index (χ1n) is 8.31. The largest absolute Gasteiger partial charge is 0.235 e. The van der Waals surface area contributed by atoms with Gasteiger partial charge in [0.1, 0.15) is 47.4 Å². The molecule has 2 aromatic heterocycles. The molecule has 2 heterocycles. The fourth-order valence-corrected chi connectivity index (χ4v) is 2.85. The van der Waals surface area contributed by atoms with Gasteiger partial charge in [-0.2, -0.15) is 31.6 Å². The molecule has 0 aliphatic heterocycles. The molecule has 0 saturated carbocycles. The molecule has 0 fully saturated rings. The standard InChI is InChI=1S/C21H6N10/c1-10(4-22)14(6-24)28-19-11(2)18-13(3-12(5-23)15(7-25)29-18)20-21(19)31-17(9-27)16(8-26)30-20/h3H,1H2,2H3/b28-14-. The molecule has 0 atom stereocenters. The number of rotatable bonds is 2. The van der Waals surface area contributed by atoms with Crippen molar-refractivity contribution in [2.24, 2.45) is 4.99 Å². The van der Waals surface area contributed by atoms with E-state index in [1.54, 1.807) is 31.2 Å². The van der Waals surface area contributed by atoms with Crippen LogP contribution in [-0.4, -0.2) is 20.7 Å². The smallest absolute Gasteiger partial charge is 0.177 e. The summed E-state index contributed by atoms with van der Waals surface area (Å²) in [5.74, 6) is 0. The summed E-state index contributed by atoms with van der Waals surface area (Å²) in [4.78, 5) is 16.8. The van der Waals surface area contributed by atoms with E-state index in [4.69, 9.17) is 5.26 Å². The number of hydrogen-bond acceptors (Lipinski definition) is 10. The van der Waals surface area contributed by atoms with E-state index in [0.29, 0.717) is 10.9 Å². The Morgan fingerprint density at radius 3 is 1.90 bits per heavy atom. The zero-order valence-corrected chi connectivity index (χ0v) is 15.8. The zero-order chi connectivity index (χ0) is 22.7. The molecule has 0 bridgehead atoms. The van der Waals surface area contributed by atoms with Gasteiger partial charge >= 0.3 is 0 Å². The van der Waals surface area contributed by atoms with Gasteiger partial charge in [0, 0.05) is 10.9 Å². The number of nitriles is 6. The molecule has 0 aliphatic rings. The number of allylic oxidation sites excluding steroid dienone is 1. The van der Waals surface area contributed by atoms with Crippen LogP contribution in [0.25, 0.3) is 21.9 Å². The molecule has 0 spiro atoms. The molecule has 0 aliphatic carbocycles. The van der Waals surface area contributed by atoms with Crippen LogP contribution >= 0.6 is 0 Å². The molecule has 3 rings (SSSR count). The quantitative estimate of drug-likeness (QED) is 0.354. The molecule has 31 heavy (non-hydrogen) atoms. The molecule has 10 heteroatoms. The summed E-state index contributed by atoms with van der Waals surface area (Å²) < 4.78 is 0. The van der Waals surface area contributed by atoms with Crippen molar-refractivity contribution in [1.82, 2.24) is 15.0 Å². The zero-order valence-electron chi connectivity index (χ0n) is 15.8. The van der Waals surface area contributed by atoms with Gasteiger partial charge in [-0.25, -0.2) is 19.9 Å². The highest BCUT2D eigenvalue weighted by atomic mass is 14.9. The van der Waals surface area contributed by atoms with Crippen molar-refractivity contribution in [2.75, 3.05) is 0 Å². The van der Waals surface area contributed by atoms with Crippen LogP contribution in [0.4, 0.5) is 5.69 Å². The lowest BCUT2D eigenvalue weighted by Crippen LogP contribution is -2.02. The molecule has 140 valence electrons. The number of pyridine rings is 1. The van der Waals surface area contributed by atoms with E-state index >= 15 is 0 Å². The van der Waals surface area contributed by atoms with Gasteiger partial charge in [-0.05, 0) is 13.0 Å². The highest BCUT2D eigenvalue weighted by Gasteiger charge is 2.21. The van der Waals surface area contributed by atoms with E-state index in [-0.39, 0.29) is 56.2 Å². The molecule has 1 aromatic carbocycles. The number of fused-ring (bicyclic) bond motifs is 3. The van der Waals surface area contributed by atoms with Crippen LogP contribution in [0.5, 0.6) is 0 Å². The van der Waals surface area contributed by atoms with Gasteiger partial charge in [0.05, 0.1) is 22.3 Å². The van der Waals surface area contributed by atoms with Crippen molar-refractivity contribution in [3.05, 3.63) is 46.4 Å². The van der Waals surface area contributed by atoms with Crippen LogP contribution in [0.15, 0.2) is 23.2 Å². The predicted octanol–water partition coefficient (Wildman–Crippen LogP) is 2.65. The second kappa shape index (κ2) is 7.75. The maximum atomic E-state index is 9.38. The molecule has 3 aromatic rings. The Bertz CT molecular complexity index is 1620. The summed E-state index contributed by atoms with van der Waals surface area (Å²) in [6, 6.07) is 12.2. The van der Waals surface area contributed by atoms with Crippen LogP contribution in [0.2, 0.25) is 0 Å². The lowest BCUT2D eigenvalue weighted by molar-refractivity contribution is 1.19. The number of aliphatic imine (C=N–C) groups is 1. The topological polar surface area (TPSA) is 194 Å². The first-order chi connectivity index (χ1) is 14.9. The second-order valence-corrected chi connectivity index (χ2v) is 5.98. The minimum absolute atomic E-state index is 0.00723. The monoisotopic (exact) mass is 398 g/mol. The molecule has 0 amide bonds. The third-order valence-electron chi connectivity index (χ3n) is 4.30. The Hall–Kier alpha value is -5.68. The van der Waals surface area contributed by atoms with Crippen molar-refractivity contribution in [3.63, 3.8) is 0 Å². The number of aryl methyl sites for hydroxylation is 1. The molecule has 0 radical (unpaired) electrons. The summed E-state index contributed by atoms with van der Waals surface area (Å²) in [7, 11) is 0. The first-order valence-corrected chi connectivity index (χ1v) is 8.31. The van der Waals surface area contributed by atoms with Crippen LogP contribution in [0.1, 0.15) is 28.2 Å². The summed E-state index contributed by atoms with van der Waals surface area (Å²) in [6.45, 7) is 5.08. The molecule has 10 nitrogen and oxygen atoms in total. The van der Waals surface area contributed by atoms with Crippen LogP contribution < -0.4 is 0 Å². The average Bonchev–Trinajstić information content (AvgIpc) is 2.81. The Kier molecular flexibility index (Phi) is 5.01. The third-order valence-corrected chi connectivity index (χ3v) is 4.30. The lowest BCUT2D eigenvalue weighted by Gasteiger charge is -2.12. The third kappa shape index (κ3) is 3.12. The summed E-state index contributed by atoms with van der Waals surface area (Å²) in [5.41, 5.74) is -0.279. The normalized spacial score (nSPS) is 10.2. The highest BCUT2D eigenvalue weighted by molar-refractivity contribution is 6.17. The number of nitrogens with zero attached hydrogens (tertiary/aromatic N) is 10. The van der Waals surface area contributed by atoms with Gasteiger partial charge < -0.3 is 0 Å². The fourth-order valence-electron chi connectivity index (χ4n) is 2.85. The van der Waals surface area contributed by atoms with Gasteiger partial charge in [-0.3, -0.25) is 0 Å². The van der Waals surface area contributed by atoms with Gasteiger partial charge in [0.25, 0.3) is 0 Å². The molecular weight excluding hydrogens is 392 g/mol. The lowest BCUT2D eigenvalue weighted by atomic mass is 10.0. The fraction of sp³-hybridized carbons (Fsp3) is 0.0476. The van der Waals surface area contributed by atoms with Crippen LogP contribution in [-0.2, 0) is 0 Å². The van der Waals surface area contributed by atoms with E-state index in [9.17, 15) is 26.3 Å². The summed E-state index contributed by atoms with van der Waals surface area (Å²) in [6.07, 6.45) is 0. The number of hydrogen-bond donors (Lipinski definition) is 0. The molecule has 0 saturated heterocycles. The van der Waals surface area contributed by atoms with Gasteiger partial charge in [-0.15, -0.1) is 0 Å². The summed E-state index contributed by atoms with van der Waals surface area (Å²) in [5, 5.41) is 56.1. The van der Waals surface area contributed by atoms with Crippen molar-refractivity contribution in [3.8, 4) is 36.4 Å². The van der Waals surface area contributed by atoms with E-state index in [2.05, 4.69) is 26.5 Å². The minimum Gasteiger partial charge on any atom is -0.235 e. The Morgan fingerprint density at radius 2 is 1.39 bits per heavy atom. The number of aromatic nitrogens is 3. The maximum absolute atomic E-state index is 9.38. The van der Waals surface area contributed by atoms with E-state index in [0.717, 1.165) is 0 Å². The van der Waals surface area contributed by atoms with Crippen LogP contribution in [0.3, 0.4) is 0 Å². The van der Waals surface area contributed by atoms with Gasteiger partial charge in [0.2, 0.25) is 0 Å². The van der Waals surface area contributed by atoms with Crippen molar-refractivity contribution >= 4 is 33.3 Å². The predicted molar refractivity (Wildman–Crippen MR) is 106 cm³/mol. The number of benzene rings is 1. The Labute approximate surface area is 175 Å². The highest BCUT2D eigenvalue weighted by Crippen LogP contribution is 2.36. The SMILES string of the molecule is C=C(C#N)/C(C#N)=N\c1c(C)c2nc(C#N)c(C#N)cc2c2nc(C#N)c(C#N)nc12. The minimum atomic E-state index is -0.287. The van der Waals surface area contributed by atoms with E-state index < -0.39 is 0 Å². The van der Waals surface area contributed by atoms with E-state index in [1.807, 2.05) is 12.1 Å². The molecule has 0 N–H and O–H groups in total. The first kappa shape index (κ1) is 20.1. The van der Waals surface area contributed by atoms with E-state index in [1.165, 1.54) is 6.07 Å². The summed E-state index contributed by atoms with van der Waals surface area (Å²) >= 11 is 0. The second-order valence-electron chi connectivity index (χ2n) is 5.98. The van der Waals surface area contributed by atoms with Gasteiger partial charge in [-0.1, -0.05) is 6.58 Å². The van der Waals surface area contributed by atoms with Crippen molar-refractivity contribution < 1.29 is 0 Å². The molecular formula is C21H6N10. The molecule has 0 unspecified atom stereocenters. The van der Waals surface area contributed by atoms with Gasteiger partial charge in [0.15, 0.2) is 22.8 Å². The van der Waals surface area contributed by atoms with Crippen LogP contribution in [0, 0.1) is 74.9 Å². The average molecular weight is 398 g/mol. The van der Waals surface area contributed by atoms with Crippen molar-refractivity contribution in [1.29, 1.82) is 31.6 Å². The Balaban J connectivity index is 2.67. The van der Waals surface area contributed by atoms with Crippen molar-refractivity contribution in [2.45, 2.75) is 6.92 Å².